The van der Waals surface area contributed by atoms with E-state index in [0.29, 0.717) is 11.5 Å². The maximum atomic E-state index is 9.15. The average molecular weight is 330 g/mol. The van der Waals surface area contributed by atoms with E-state index >= 15 is 0 Å². The van der Waals surface area contributed by atoms with Crippen LogP contribution in [0.3, 0.4) is 0 Å². The Balaban J connectivity index is 0.000000422. The fourth-order valence-corrected chi connectivity index (χ4v) is 1.28. The van der Waals surface area contributed by atoms with E-state index < -0.39 is 10.4 Å². The normalized spacial score (nSPS) is 10.5. The summed E-state index contributed by atoms with van der Waals surface area (Å²) in [6, 6.07) is 6.41. The molecule has 0 atom stereocenters. The predicted molar refractivity (Wildman–Crippen MR) is 80.8 cm³/mol. The fraction of sp³-hybridized carbons (Fsp3) is 0. The van der Waals surface area contributed by atoms with Crippen molar-refractivity contribution in [2.75, 3.05) is 22.5 Å². The second-order valence-electron chi connectivity index (χ2n) is 3.85. The second kappa shape index (κ2) is 6.75. The third kappa shape index (κ3) is 6.08. The number of hydrogen-bond donors (Lipinski definition) is 7. The van der Waals surface area contributed by atoms with Crippen molar-refractivity contribution < 1.29 is 22.6 Å². The Kier molecular flexibility index (Phi) is 5.28. The Bertz CT molecular complexity index is 741. The molecule has 22 heavy (non-hydrogen) atoms. The zero-order valence-electron chi connectivity index (χ0n) is 11.0. The first-order valence-electron chi connectivity index (χ1n) is 5.50. The van der Waals surface area contributed by atoms with Crippen LogP contribution in [0.15, 0.2) is 24.3 Å². The third-order valence-electron chi connectivity index (χ3n) is 2.12. The quantitative estimate of drug-likeness (QED) is 0.288. The molecule has 2 aromatic rings. The molecule has 0 fully saturated rings. The van der Waals surface area contributed by atoms with Crippen LogP contribution in [0.4, 0.5) is 29.0 Å². The van der Waals surface area contributed by atoms with Gasteiger partial charge in [0.25, 0.3) is 0 Å². The van der Waals surface area contributed by atoms with Crippen LogP contribution < -0.4 is 22.5 Å². The molecule has 0 radical (unpaired) electrons. The highest BCUT2D eigenvalue weighted by Crippen LogP contribution is 2.26. The van der Waals surface area contributed by atoms with Gasteiger partial charge in [0, 0.05) is 5.69 Å². The lowest BCUT2D eigenvalue weighted by molar-refractivity contribution is 0.381. The van der Waals surface area contributed by atoms with Gasteiger partial charge >= 0.3 is 10.4 Å². The molecular weight excluding hydrogens is 316 g/mol. The summed E-state index contributed by atoms with van der Waals surface area (Å²) in [5, 5.41) is 12.1. The van der Waals surface area contributed by atoms with Crippen LogP contribution in [0.2, 0.25) is 0 Å². The summed E-state index contributed by atoms with van der Waals surface area (Å²) in [5.41, 5.74) is 17.7. The maximum Gasteiger partial charge on any atom is 0.394 e. The molecule has 1 heterocycles. The van der Waals surface area contributed by atoms with Gasteiger partial charge < -0.3 is 27.6 Å². The summed E-state index contributed by atoms with van der Waals surface area (Å²) in [6.07, 6.45) is 0. The lowest BCUT2D eigenvalue weighted by Crippen LogP contribution is -2.08. The zero-order chi connectivity index (χ0) is 16.9. The number of nitrogens with one attached hydrogen (secondary N) is 1. The van der Waals surface area contributed by atoms with Crippen molar-refractivity contribution in [1.29, 1.82) is 0 Å². The van der Waals surface area contributed by atoms with Crippen LogP contribution in [0.1, 0.15) is 0 Å². The van der Waals surface area contributed by atoms with Crippen molar-refractivity contribution >= 4 is 39.4 Å². The first-order valence-corrected chi connectivity index (χ1v) is 6.90. The summed E-state index contributed by atoms with van der Waals surface area (Å²) >= 11 is 0. The Morgan fingerprint density at radius 3 is 2.00 bits per heavy atom. The molecule has 1 aromatic heterocycles. The van der Waals surface area contributed by atoms with Gasteiger partial charge in [0.1, 0.15) is 11.4 Å². The molecule has 0 bridgehead atoms. The number of aromatic hydroxyl groups is 1. The van der Waals surface area contributed by atoms with Gasteiger partial charge in [-0.05, 0) is 24.3 Å². The summed E-state index contributed by atoms with van der Waals surface area (Å²) in [5.74, 6) is 0.669. The molecule has 0 aliphatic heterocycles. The molecule has 0 saturated heterocycles. The van der Waals surface area contributed by atoms with Gasteiger partial charge in [-0.1, -0.05) is 0 Å². The van der Waals surface area contributed by atoms with Crippen LogP contribution >= 0.6 is 0 Å². The van der Waals surface area contributed by atoms with Gasteiger partial charge in [0.15, 0.2) is 11.6 Å². The lowest BCUT2D eigenvalue weighted by Gasteiger charge is -2.10. The van der Waals surface area contributed by atoms with Gasteiger partial charge in [0.2, 0.25) is 5.95 Å². The van der Waals surface area contributed by atoms with Gasteiger partial charge in [-0.25, -0.2) is 0 Å². The van der Waals surface area contributed by atoms with Crippen LogP contribution in [0.25, 0.3) is 0 Å². The molecule has 10 N–H and O–H groups in total. The van der Waals surface area contributed by atoms with E-state index in [-0.39, 0.29) is 23.2 Å². The van der Waals surface area contributed by atoms with Crippen LogP contribution in [-0.2, 0) is 10.4 Å². The first kappa shape index (κ1) is 17.2. The second-order valence-corrected chi connectivity index (χ2v) is 4.74. The molecule has 0 unspecified atom stereocenters. The molecule has 2 rings (SSSR count). The topological polar surface area (TPSA) is 211 Å². The van der Waals surface area contributed by atoms with Gasteiger partial charge in [-0.2, -0.15) is 18.4 Å². The lowest BCUT2D eigenvalue weighted by atomic mass is 10.3. The standard InChI is InChI=1S/C10H12N6O.H2O4S/c11-7-8(12)15-10(13)16-9(7)14-5-1-3-6(17)4-2-5;1-5(2,3)4/h1-4,17H,11H2,(H5,12,13,14,15,16);(H2,1,2,3,4). The molecule has 0 aliphatic carbocycles. The molecule has 12 heteroatoms. The molecule has 120 valence electrons. The van der Waals surface area contributed by atoms with Crippen molar-refractivity contribution in [3.05, 3.63) is 24.3 Å². The minimum Gasteiger partial charge on any atom is -0.508 e. The average Bonchev–Trinajstić information content (AvgIpc) is 2.36. The Morgan fingerprint density at radius 2 is 1.50 bits per heavy atom. The van der Waals surface area contributed by atoms with E-state index in [9.17, 15) is 0 Å². The molecule has 1 aromatic carbocycles. The molecule has 11 nitrogen and oxygen atoms in total. The number of anilines is 5. The van der Waals surface area contributed by atoms with Crippen molar-refractivity contribution in [1.82, 2.24) is 9.97 Å². The fourth-order valence-electron chi connectivity index (χ4n) is 1.28. The van der Waals surface area contributed by atoms with Crippen molar-refractivity contribution in [2.45, 2.75) is 0 Å². The minimum absolute atomic E-state index is 0.0398. The third-order valence-corrected chi connectivity index (χ3v) is 2.12. The summed E-state index contributed by atoms with van der Waals surface area (Å²) in [6.45, 7) is 0. The Morgan fingerprint density at radius 1 is 1.00 bits per heavy atom. The maximum absolute atomic E-state index is 9.15. The van der Waals surface area contributed by atoms with E-state index in [1.165, 1.54) is 12.1 Å². The number of phenols is 1. The van der Waals surface area contributed by atoms with Crippen LogP contribution in [0, 0.1) is 0 Å². The number of nitrogen functional groups attached to an aromatic ring is 3. The first-order chi connectivity index (χ1) is 10.1. The van der Waals surface area contributed by atoms with Crippen LogP contribution in [-0.4, -0.2) is 32.6 Å². The SMILES string of the molecule is Nc1nc(N)c(N)c(Nc2ccc(O)cc2)n1.O=S(=O)(O)O. The van der Waals surface area contributed by atoms with Gasteiger partial charge in [-0.3, -0.25) is 9.11 Å². The highest BCUT2D eigenvalue weighted by Gasteiger charge is 2.08. The number of aromatic nitrogens is 2. The Hall–Kier alpha value is -2.83. The number of rotatable bonds is 2. The minimum atomic E-state index is -4.67. The molecular formula is C10H14N6O5S. The molecule has 0 saturated carbocycles. The predicted octanol–water partition coefficient (Wildman–Crippen LogP) is 0.0196. The summed E-state index contributed by atoms with van der Waals surface area (Å²) < 4.78 is 31.6. The van der Waals surface area contributed by atoms with E-state index in [1.807, 2.05) is 0 Å². The van der Waals surface area contributed by atoms with Crippen molar-refractivity contribution in [2.24, 2.45) is 0 Å². The van der Waals surface area contributed by atoms with E-state index in [0.717, 1.165) is 0 Å². The van der Waals surface area contributed by atoms with E-state index in [4.69, 9.17) is 39.8 Å². The number of hydrogen-bond acceptors (Lipinski definition) is 9. The number of nitrogens with two attached hydrogens (primary N) is 3. The van der Waals surface area contributed by atoms with Gasteiger partial charge in [-0.15, -0.1) is 0 Å². The Labute approximate surface area is 125 Å². The number of phenolic OH excluding ortho intramolecular Hbond substituents is 1. The monoisotopic (exact) mass is 330 g/mol. The largest absolute Gasteiger partial charge is 0.508 e. The van der Waals surface area contributed by atoms with E-state index in [2.05, 4.69) is 15.3 Å². The van der Waals surface area contributed by atoms with Gasteiger partial charge in [0.05, 0.1) is 0 Å². The number of benzene rings is 1. The molecule has 0 aliphatic rings. The smallest absolute Gasteiger partial charge is 0.394 e. The van der Waals surface area contributed by atoms with Crippen LogP contribution in [0.5, 0.6) is 5.75 Å². The van der Waals surface area contributed by atoms with E-state index in [1.54, 1.807) is 12.1 Å². The highest BCUT2D eigenvalue weighted by atomic mass is 32.3. The zero-order valence-corrected chi connectivity index (χ0v) is 11.8. The van der Waals surface area contributed by atoms with Crippen molar-refractivity contribution in [3.8, 4) is 5.75 Å². The highest BCUT2D eigenvalue weighted by molar-refractivity contribution is 7.79. The van der Waals surface area contributed by atoms with Crippen molar-refractivity contribution in [3.63, 3.8) is 0 Å². The molecule has 0 amide bonds. The summed E-state index contributed by atoms with van der Waals surface area (Å²) in [4.78, 5) is 7.67. The molecule has 0 spiro atoms. The summed E-state index contributed by atoms with van der Waals surface area (Å²) in [7, 11) is -4.67. The number of nitrogens with zero attached hydrogens (tertiary/aromatic N) is 2.